The molecule has 1 unspecified atom stereocenters. The Labute approximate surface area is 223 Å². The topological polar surface area (TPSA) is 108 Å². The number of hydrogen-bond donors (Lipinski definition) is 3. The molecule has 1 atom stereocenters. The minimum atomic E-state index is -0.959. The van der Waals surface area contributed by atoms with Gasteiger partial charge in [-0.1, -0.05) is 36.4 Å². The molecule has 0 bridgehead atoms. The number of benzene rings is 3. The minimum absolute atomic E-state index is 0.107. The first-order valence-corrected chi connectivity index (χ1v) is 12.9. The average molecular weight is 518 g/mol. The number of phenols is 1. The van der Waals surface area contributed by atoms with Gasteiger partial charge in [-0.15, -0.1) is 0 Å². The maximum absolute atomic E-state index is 13.9. The van der Waals surface area contributed by atoms with Gasteiger partial charge in [0, 0.05) is 11.7 Å². The number of ether oxygens (including phenoxy) is 1. The van der Waals surface area contributed by atoms with Crippen molar-refractivity contribution < 1.29 is 24.2 Å². The number of aromatic hydroxyl groups is 1. The van der Waals surface area contributed by atoms with Crippen LogP contribution in [0.2, 0.25) is 0 Å². The predicted octanol–water partition coefficient (Wildman–Crippen LogP) is 5.44. The quantitative estimate of drug-likeness (QED) is 0.387. The Morgan fingerprint density at radius 3 is 2.37 bits per heavy atom. The van der Waals surface area contributed by atoms with Crippen molar-refractivity contribution in [2.24, 2.45) is 0 Å². The van der Waals surface area contributed by atoms with E-state index in [9.17, 15) is 19.5 Å². The molecule has 8 heteroatoms. The van der Waals surface area contributed by atoms with E-state index in [1.807, 2.05) is 42.5 Å². The molecule has 1 saturated carbocycles. The van der Waals surface area contributed by atoms with Gasteiger partial charge in [0.25, 0.3) is 5.91 Å². The van der Waals surface area contributed by atoms with Crippen molar-refractivity contribution in [3.8, 4) is 5.75 Å². The summed E-state index contributed by atoms with van der Waals surface area (Å²) in [7, 11) is 0. The highest BCUT2D eigenvalue weighted by molar-refractivity contribution is 6.00. The first-order valence-electron chi connectivity index (χ1n) is 12.9. The van der Waals surface area contributed by atoms with Gasteiger partial charge in [0.15, 0.2) is 0 Å². The van der Waals surface area contributed by atoms with Gasteiger partial charge in [0.2, 0.25) is 5.91 Å². The second kappa shape index (κ2) is 11.1. The number of amides is 3. The monoisotopic (exact) mass is 517 g/mol. The molecule has 4 rings (SSSR count). The van der Waals surface area contributed by atoms with Crippen molar-refractivity contribution in [3.63, 3.8) is 0 Å². The van der Waals surface area contributed by atoms with Crippen LogP contribution in [0.15, 0.2) is 60.7 Å². The highest BCUT2D eigenvalue weighted by Crippen LogP contribution is 2.35. The number of phenolic OH excluding ortho intramolecular Hbond substituents is 1. The van der Waals surface area contributed by atoms with Gasteiger partial charge in [0.1, 0.15) is 23.9 Å². The van der Waals surface area contributed by atoms with E-state index in [2.05, 4.69) is 10.6 Å². The molecule has 3 amide bonds. The fourth-order valence-corrected chi connectivity index (χ4v) is 4.54. The van der Waals surface area contributed by atoms with Crippen molar-refractivity contribution in [3.05, 3.63) is 71.8 Å². The summed E-state index contributed by atoms with van der Waals surface area (Å²) in [5, 5.41) is 17.7. The van der Waals surface area contributed by atoms with Crippen molar-refractivity contribution in [2.75, 3.05) is 11.9 Å². The normalized spacial score (nSPS) is 14.3. The van der Waals surface area contributed by atoms with Crippen molar-refractivity contribution >= 4 is 34.4 Å². The van der Waals surface area contributed by atoms with Crippen molar-refractivity contribution in [1.29, 1.82) is 0 Å². The summed E-state index contributed by atoms with van der Waals surface area (Å²) in [6.07, 6.45) is 1.77. The van der Waals surface area contributed by atoms with Crippen LogP contribution in [0.25, 0.3) is 10.8 Å². The zero-order valence-electron chi connectivity index (χ0n) is 22.3. The summed E-state index contributed by atoms with van der Waals surface area (Å²) in [6.45, 7) is 6.68. The van der Waals surface area contributed by atoms with Crippen LogP contribution in [0.1, 0.15) is 57.2 Å². The zero-order chi connectivity index (χ0) is 27.4. The SMILES string of the molecule is Cc1cc(C(C(=O)Nc2ccc3ccccc3c2)N(C(=O)CNC(=O)OC(C)(C)C)C2CCC2)ccc1O. The molecule has 1 aliphatic carbocycles. The van der Waals surface area contributed by atoms with Crippen LogP contribution in [0, 0.1) is 6.92 Å². The average Bonchev–Trinajstić information content (AvgIpc) is 2.82. The van der Waals surface area contributed by atoms with Crippen molar-refractivity contribution in [1.82, 2.24) is 10.2 Å². The molecule has 3 aromatic rings. The highest BCUT2D eigenvalue weighted by Gasteiger charge is 2.39. The molecule has 0 aromatic heterocycles. The van der Waals surface area contributed by atoms with E-state index in [1.165, 1.54) is 6.07 Å². The summed E-state index contributed by atoms with van der Waals surface area (Å²) < 4.78 is 5.28. The van der Waals surface area contributed by atoms with Gasteiger partial charge in [-0.2, -0.15) is 0 Å². The molecule has 0 heterocycles. The first kappa shape index (κ1) is 27.0. The lowest BCUT2D eigenvalue weighted by molar-refractivity contribution is -0.143. The smallest absolute Gasteiger partial charge is 0.408 e. The van der Waals surface area contributed by atoms with Gasteiger partial charge < -0.3 is 25.4 Å². The fraction of sp³-hybridized carbons (Fsp3) is 0.367. The summed E-state index contributed by atoms with van der Waals surface area (Å²) in [5.41, 5.74) is 1.09. The number of nitrogens with zero attached hydrogens (tertiary/aromatic N) is 1. The van der Waals surface area contributed by atoms with Crippen LogP contribution < -0.4 is 10.6 Å². The van der Waals surface area contributed by atoms with Gasteiger partial charge >= 0.3 is 6.09 Å². The van der Waals surface area contributed by atoms with Gasteiger partial charge in [0.05, 0.1) is 0 Å². The van der Waals surface area contributed by atoms with Crippen LogP contribution in [-0.4, -0.2) is 46.1 Å². The number of fused-ring (bicyclic) bond motifs is 1. The molecule has 0 aliphatic heterocycles. The Hall–Kier alpha value is -4.07. The van der Waals surface area contributed by atoms with Gasteiger partial charge in [-0.3, -0.25) is 9.59 Å². The van der Waals surface area contributed by atoms with Crippen LogP contribution in [0.4, 0.5) is 10.5 Å². The molecule has 0 radical (unpaired) electrons. The molecule has 1 aliphatic rings. The van der Waals surface area contributed by atoms with Crippen LogP contribution in [0.3, 0.4) is 0 Å². The van der Waals surface area contributed by atoms with E-state index >= 15 is 0 Å². The van der Waals surface area contributed by atoms with E-state index < -0.39 is 17.7 Å². The molecule has 8 nitrogen and oxygen atoms in total. The third-order valence-corrected chi connectivity index (χ3v) is 6.62. The Morgan fingerprint density at radius 2 is 1.74 bits per heavy atom. The zero-order valence-corrected chi connectivity index (χ0v) is 22.3. The van der Waals surface area contributed by atoms with E-state index in [0.717, 1.165) is 30.0 Å². The van der Waals surface area contributed by atoms with Crippen molar-refractivity contribution in [2.45, 2.75) is 64.6 Å². The van der Waals surface area contributed by atoms with E-state index in [-0.39, 0.29) is 30.2 Å². The predicted molar refractivity (Wildman–Crippen MR) is 147 cm³/mol. The van der Waals surface area contributed by atoms with Crippen LogP contribution in [0.5, 0.6) is 5.75 Å². The summed E-state index contributed by atoms with van der Waals surface area (Å²) in [5.74, 6) is -0.650. The molecule has 3 aromatic carbocycles. The molecule has 38 heavy (non-hydrogen) atoms. The maximum Gasteiger partial charge on any atom is 0.408 e. The molecule has 200 valence electrons. The number of nitrogens with one attached hydrogen (secondary N) is 2. The van der Waals surface area contributed by atoms with Gasteiger partial charge in [-0.25, -0.2) is 4.79 Å². The Kier molecular flexibility index (Phi) is 7.90. The number of anilines is 1. The lowest BCUT2D eigenvalue weighted by atomic mass is 9.88. The second-order valence-corrected chi connectivity index (χ2v) is 10.7. The number of rotatable bonds is 7. The first-order chi connectivity index (χ1) is 18.0. The lowest BCUT2D eigenvalue weighted by Gasteiger charge is -2.42. The second-order valence-electron chi connectivity index (χ2n) is 10.7. The molecule has 1 fully saturated rings. The Morgan fingerprint density at radius 1 is 1.03 bits per heavy atom. The van der Waals surface area contributed by atoms with E-state index in [1.54, 1.807) is 44.7 Å². The molecule has 3 N–H and O–H groups in total. The van der Waals surface area contributed by atoms with E-state index in [0.29, 0.717) is 16.8 Å². The van der Waals surface area contributed by atoms with Crippen LogP contribution in [-0.2, 0) is 14.3 Å². The Bertz CT molecular complexity index is 1340. The third kappa shape index (κ3) is 6.43. The Balaban J connectivity index is 1.64. The summed E-state index contributed by atoms with van der Waals surface area (Å²) in [4.78, 5) is 41.3. The number of alkyl carbamates (subject to hydrolysis) is 1. The van der Waals surface area contributed by atoms with Crippen LogP contribution >= 0.6 is 0 Å². The molecule has 0 saturated heterocycles. The largest absolute Gasteiger partial charge is 0.508 e. The minimum Gasteiger partial charge on any atom is -0.508 e. The van der Waals surface area contributed by atoms with E-state index in [4.69, 9.17) is 4.74 Å². The highest BCUT2D eigenvalue weighted by atomic mass is 16.6. The number of carbonyl (C=O) groups excluding carboxylic acids is 3. The number of aryl methyl sites for hydroxylation is 1. The molecular formula is C30H35N3O5. The van der Waals surface area contributed by atoms with Gasteiger partial charge in [-0.05, 0) is 93.1 Å². The summed E-state index contributed by atoms with van der Waals surface area (Å²) in [6, 6.07) is 17.3. The number of carbonyl (C=O) groups is 3. The summed E-state index contributed by atoms with van der Waals surface area (Å²) >= 11 is 0. The fourth-order valence-electron chi connectivity index (χ4n) is 4.54. The molecular weight excluding hydrogens is 482 g/mol. The molecule has 0 spiro atoms. The number of hydrogen-bond acceptors (Lipinski definition) is 5. The lowest BCUT2D eigenvalue weighted by Crippen LogP contribution is -2.53. The third-order valence-electron chi connectivity index (χ3n) is 6.62. The maximum atomic E-state index is 13.9. The standard InChI is InChI=1S/C30H35N3O5/c1-19-16-22(13-15-25(19)34)27(28(36)32-23-14-12-20-8-5-6-9-21(20)17-23)33(24-10-7-11-24)26(35)18-31-29(37)38-30(2,3)4/h5-6,8-9,12-17,24,27,34H,7,10-11,18H2,1-4H3,(H,31,37)(H,32,36).